The van der Waals surface area contributed by atoms with Crippen molar-refractivity contribution < 1.29 is 37.5 Å². The summed E-state index contributed by atoms with van der Waals surface area (Å²) in [5.41, 5.74) is 1.63. The van der Waals surface area contributed by atoms with E-state index in [4.69, 9.17) is 0 Å². The molecule has 0 atom stereocenters. The van der Waals surface area contributed by atoms with Gasteiger partial charge in [-0.2, -0.15) is 6.92 Å². The summed E-state index contributed by atoms with van der Waals surface area (Å²) in [7, 11) is 0. The minimum atomic E-state index is -0.146. The van der Waals surface area contributed by atoms with Crippen LogP contribution in [0, 0.1) is 6.92 Å². The molecule has 2 nitrogen and oxygen atoms in total. The second kappa shape index (κ2) is 4.08. The van der Waals surface area contributed by atoms with Crippen LogP contribution in [-0.4, -0.2) is 10.8 Å². The van der Waals surface area contributed by atoms with Crippen molar-refractivity contribution >= 4 is 16.7 Å². The molecule has 0 amide bonds. The van der Waals surface area contributed by atoms with Crippen LogP contribution in [0.15, 0.2) is 30.5 Å². The molecule has 0 saturated heterocycles. The number of fused-ring (bicyclic) bond motifs is 1. The zero-order chi connectivity index (χ0) is 8.55. The van der Waals surface area contributed by atoms with Gasteiger partial charge in [0, 0.05) is 44.0 Å². The van der Waals surface area contributed by atoms with E-state index in [2.05, 4.69) is 11.9 Å². The second-order valence-corrected chi connectivity index (χ2v) is 2.67. The van der Waals surface area contributed by atoms with Gasteiger partial charge in [-0.15, -0.1) is 5.56 Å². The third kappa shape index (κ3) is 1.84. The van der Waals surface area contributed by atoms with Crippen molar-refractivity contribution in [1.82, 2.24) is 4.98 Å². The van der Waals surface area contributed by atoms with E-state index >= 15 is 0 Å². The maximum absolute atomic E-state index is 11.0. The van der Waals surface area contributed by atoms with Crippen molar-refractivity contribution in [3.8, 4) is 0 Å². The van der Waals surface area contributed by atoms with E-state index in [0.29, 0.717) is 5.56 Å². The van der Waals surface area contributed by atoms with E-state index < -0.39 is 0 Å². The zero-order valence-corrected chi connectivity index (χ0v) is 9.92. The number of rotatable bonds is 1. The maximum Gasteiger partial charge on any atom is 0.0266 e. The predicted octanol–water partition coefficient (Wildman–Crippen LogP) is 2.18. The smallest absolute Gasteiger partial charge is 0.0266 e. The number of hydrogen-bond acceptors (Lipinski definition) is 1. The van der Waals surface area contributed by atoms with Crippen LogP contribution in [0.1, 0.15) is 10.4 Å². The molecule has 0 aliphatic heterocycles. The van der Waals surface area contributed by atoms with Crippen molar-refractivity contribution in [2.75, 3.05) is 0 Å². The Kier molecular flexibility index (Phi) is 3.29. The fourth-order valence-electron chi connectivity index (χ4n) is 1.30. The molecule has 1 aromatic heterocycles. The molecule has 1 aromatic carbocycles. The van der Waals surface area contributed by atoms with E-state index in [9.17, 15) is 4.79 Å². The first kappa shape index (κ1) is 10.5. The molecule has 0 aliphatic rings. The van der Waals surface area contributed by atoms with Crippen molar-refractivity contribution in [2.24, 2.45) is 0 Å². The molecule has 0 bridgehead atoms. The number of ketones is 1. The van der Waals surface area contributed by atoms with Gasteiger partial charge in [-0.25, -0.2) is 0 Å². The van der Waals surface area contributed by atoms with Crippen molar-refractivity contribution in [3.63, 3.8) is 0 Å². The predicted molar refractivity (Wildman–Crippen MR) is 48.0 cm³/mol. The van der Waals surface area contributed by atoms with E-state index in [1.807, 2.05) is 24.3 Å². The van der Waals surface area contributed by atoms with E-state index in [1.54, 1.807) is 6.20 Å². The number of hydrogen-bond donors (Lipinski definition) is 1. The van der Waals surface area contributed by atoms with Crippen LogP contribution in [0.4, 0.5) is 0 Å². The molecule has 0 saturated carbocycles. The van der Waals surface area contributed by atoms with Crippen LogP contribution >= 0.6 is 0 Å². The van der Waals surface area contributed by atoms with Crippen LogP contribution in [-0.2, 0) is 32.7 Å². The summed E-state index contributed by atoms with van der Waals surface area (Å²) in [5, 5.41) is 0.942. The average molecular weight is 247 g/mol. The zero-order valence-electron chi connectivity index (χ0n) is 7.08. The van der Waals surface area contributed by atoms with Crippen molar-refractivity contribution in [2.45, 2.75) is 0 Å². The van der Waals surface area contributed by atoms with Crippen LogP contribution in [0.3, 0.4) is 0 Å². The van der Waals surface area contributed by atoms with E-state index in [0.717, 1.165) is 10.9 Å². The minimum Gasteiger partial charge on any atom is -0.379 e. The van der Waals surface area contributed by atoms with Gasteiger partial charge in [0.1, 0.15) is 0 Å². The molecule has 0 spiro atoms. The number of para-hydroxylation sites is 1. The molecule has 2 rings (SSSR count). The van der Waals surface area contributed by atoms with Crippen molar-refractivity contribution in [3.05, 3.63) is 42.9 Å². The molecule has 1 N–H and O–H groups in total. The summed E-state index contributed by atoms with van der Waals surface area (Å²) < 4.78 is 0. The summed E-state index contributed by atoms with van der Waals surface area (Å²) in [6.07, 6.45) is 1.69. The SMILES string of the molecule is [CH2-]C(=O)c1c[nH]c2ccccc12.[Y]. The van der Waals surface area contributed by atoms with Crippen LogP contribution < -0.4 is 0 Å². The summed E-state index contributed by atoms with van der Waals surface area (Å²) in [4.78, 5) is 14.0. The summed E-state index contributed by atoms with van der Waals surface area (Å²) in [6, 6.07) is 7.67. The number of H-pyrrole nitrogens is 1. The summed E-state index contributed by atoms with van der Waals surface area (Å²) in [5.74, 6) is -0.146. The Morgan fingerprint density at radius 1 is 1.31 bits per heavy atom. The third-order valence-corrected chi connectivity index (χ3v) is 1.89. The van der Waals surface area contributed by atoms with Crippen molar-refractivity contribution in [1.29, 1.82) is 0 Å². The first-order valence-corrected chi connectivity index (χ1v) is 3.71. The quantitative estimate of drug-likeness (QED) is 0.608. The molecule has 13 heavy (non-hydrogen) atoms. The number of carbonyl (C=O) groups is 1. The Labute approximate surface area is 102 Å². The Morgan fingerprint density at radius 2 is 2.00 bits per heavy atom. The van der Waals surface area contributed by atoms with Gasteiger partial charge in [0.05, 0.1) is 0 Å². The van der Waals surface area contributed by atoms with Gasteiger partial charge < -0.3 is 9.78 Å². The van der Waals surface area contributed by atoms with Gasteiger partial charge in [0.15, 0.2) is 0 Å². The molecule has 0 aliphatic carbocycles. The number of Topliss-reactive ketones (excluding diaryl/α,β-unsaturated/α-hetero) is 1. The molecule has 63 valence electrons. The molecular formula is C10H8NOY-. The monoisotopic (exact) mass is 247 g/mol. The average Bonchev–Trinajstić information content (AvgIpc) is 2.47. The van der Waals surface area contributed by atoms with Gasteiger partial charge in [-0.3, -0.25) is 0 Å². The third-order valence-electron chi connectivity index (χ3n) is 1.89. The molecule has 1 heterocycles. The first-order chi connectivity index (χ1) is 5.79. The molecule has 3 heteroatoms. The Balaban J connectivity index is 0.000000845. The summed E-state index contributed by atoms with van der Waals surface area (Å²) >= 11 is 0. The number of aromatic amines is 1. The summed E-state index contributed by atoms with van der Waals surface area (Å²) in [6.45, 7) is 3.37. The number of nitrogens with one attached hydrogen (secondary N) is 1. The molecule has 0 unspecified atom stereocenters. The molecular weight excluding hydrogens is 239 g/mol. The molecule has 0 fully saturated rings. The largest absolute Gasteiger partial charge is 0.379 e. The first-order valence-electron chi connectivity index (χ1n) is 3.71. The van der Waals surface area contributed by atoms with E-state index in [1.165, 1.54) is 0 Å². The normalized spacial score (nSPS) is 9.54. The maximum atomic E-state index is 11.0. The van der Waals surface area contributed by atoms with Gasteiger partial charge in [-0.05, 0) is 6.07 Å². The molecule has 2 aromatic rings. The van der Waals surface area contributed by atoms with Crippen LogP contribution in [0.2, 0.25) is 0 Å². The number of aromatic nitrogens is 1. The number of carbonyl (C=O) groups excluding carboxylic acids is 1. The van der Waals surface area contributed by atoms with E-state index in [-0.39, 0.29) is 38.5 Å². The topological polar surface area (TPSA) is 32.9 Å². The Bertz CT molecular complexity index is 433. The van der Waals surface area contributed by atoms with Crippen LogP contribution in [0.5, 0.6) is 0 Å². The minimum absolute atomic E-state index is 0. The van der Waals surface area contributed by atoms with Gasteiger partial charge >= 0.3 is 0 Å². The standard InChI is InChI=1S/C10H8NO.Y/c1-7(12)9-6-11-10-5-3-2-4-8(9)10;/h2-6,11H,1H2;/q-1;. The fourth-order valence-corrected chi connectivity index (χ4v) is 1.30. The molecule has 1 radical (unpaired) electrons. The Hall–Kier alpha value is -0.596. The number of benzene rings is 1. The van der Waals surface area contributed by atoms with Crippen LogP contribution in [0.25, 0.3) is 10.9 Å². The van der Waals surface area contributed by atoms with Gasteiger partial charge in [0.2, 0.25) is 0 Å². The Morgan fingerprint density at radius 3 is 2.69 bits per heavy atom. The van der Waals surface area contributed by atoms with Gasteiger partial charge in [-0.1, -0.05) is 29.8 Å². The second-order valence-electron chi connectivity index (χ2n) is 2.67. The fraction of sp³-hybridized carbons (Fsp3) is 0. The van der Waals surface area contributed by atoms with Gasteiger partial charge in [0.25, 0.3) is 0 Å².